The summed E-state index contributed by atoms with van der Waals surface area (Å²) in [4.78, 5) is 45.4. The van der Waals surface area contributed by atoms with Crippen molar-refractivity contribution in [2.75, 3.05) is 6.54 Å². The number of aliphatic hydroxyl groups is 1. The molecule has 202 valence electrons. The third kappa shape index (κ3) is 6.76. The van der Waals surface area contributed by atoms with E-state index in [-0.39, 0.29) is 36.1 Å². The van der Waals surface area contributed by atoms with E-state index in [2.05, 4.69) is 42.5 Å². The van der Waals surface area contributed by atoms with E-state index < -0.39 is 23.6 Å². The van der Waals surface area contributed by atoms with Crippen molar-refractivity contribution in [2.45, 2.75) is 92.0 Å². The van der Waals surface area contributed by atoms with E-state index in [1.165, 1.54) is 11.8 Å². The first-order chi connectivity index (χ1) is 17.1. The lowest BCUT2D eigenvalue weighted by atomic mass is 9.82. The molecule has 1 aliphatic rings. The molecule has 3 N–H and O–H groups in total. The third-order valence-electron chi connectivity index (χ3n) is 6.70. The second kappa shape index (κ2) is 10.9. The van der Waals surface area contributed by atoms with Crippen LogP contribution < -0.4 is 10.6 Å². The van der Waals surface area contributed by atoms with Gasteiger partial charge < -0.3 is 20.6 Å². The molecule has 0 unspecified atom stereocenters. The van der Waals surface area contributed by atoms with Gasteiger partial charge >= 0.3 is 0 Å². The Morgan fingerprint density at radius 3 is 2.41 bits per heavy atom. The predicted octanol–water partition coefficient (Wildman–Crippen LogP) is 3.54. The van der Waals surface area contributed by atoms with Crippen molar-refractivity contribution in [3.05, 3.63) is 40.5 Å². The summed E-state index contributed by atoms with van der Waals surface area (Å²) in [5.41, 5.74) is 5.33. The van der Waals surface area contributed by atoms with Crippen molar-refractivity contribution in [1.29, 1.82) is 0 Å². The number of thiazole rings is 1. The molecule has 0 aliphatic carbocycles. The Labute approximate surface area is 223 Å². The number of aromatic nitrogens is 1. The van der Waals surface area contributed by atoms with Gasteiger partial charge in [0.15, 0.2) is 0 Å². The molecule has 3 amide bonds. The lowest BCUT2D eigenvalue weighted by molar-refractivity contribution is -0.143. The van der Waals surface area contributed by atoms with Gasteiger partial charge in [0, 0.05) is 26.4 Å². The van der Waals surface area contributed by atoms with E-state index in [0.29, 0.717) is 6.54 Å². The number of hydrogen-bond acceptors (Lipinski definition) is 6. The molecular formula is C28H40N4O4S. The summed E-state index contributed by atoms with van der Waals surface area (Å²) in [5.74, 6) is -0.998. The molecule has 0 spiro atoms. The second-order valence-electron chi connectivity index (χ2n) is 12.0. The van der Waals surface area contributed by atoms with Crippen LogP contribution in [-0.2, 0) is 26.3 Å². The molecule has 1 aromatic carbocycles. The van der Waals surface area contributed by atoms with Crippen molar-refractivity contribution in [3.8, 4) is 10.4 Å². The molecule has 9 heteroatoms. The minimum atomic E-state index is -0.807. The molecule has 3 rings (SSSR count). The summed E-state index contributed by atoms with van der Waals surface area (Å²) in [6.07, 6.45) is -0.644. The minimum absolute atomic E-state index is 0.0548. The zero-order valence-electron chi connectivity index (χ0n) is 23.1. The first-order valence-corrected chi connectivity index (χ1v) is 13.5. The summed E-state index contributed by atoms with van der Waals surface area (Å²) in [5, 5.41) is 16.1. The Bertz CT molecular complexity index is 1160. The Morgan fingerprint density at radius 2 is 1.86 bits per heavy atom. The Kier molecular flexibility index (Phi) is 8.49. The van der Waals surface area contributed by atoms with Crippen molar-refractivity contribution >= 4 is 29.1 Å². The molecule has 37 heavy (non-hydrogen) atoms. The third-order valence-corrected chi connectivity index (χ3v) is 7.68. The van der Waals surface area contributed by atoms with Crippen LogP contribution in [0.2, 0.25) is 0 Å². The van der Waals surface area contributed by atoms with Gasteiger partial charge in [-0.3, -0.25) is 14.4 Å². The number of aryl methyl sites for hydroxylation is 1. The maximum atomic E-state index is 13.4. The molecule has 8 nitrogen and oxygen atoms in total. The fourth-order valence-electron chi connectivity index (χ4n) is 4.77. The van der Waals surface area contributed by atoms with Gasteiger partial charge in [0.05, 0.1) is 22.2 Å². The van der Waals surface area contributed by atoms with Crippen LogP contribution >= 0.6 is 11.3 Å². The largest absolute Gasteiger partial charge is 0.391 e. The number of carbonyl (C=O) groups excluding carboxylic acids is 3. The van der Waals surface area contributed by atoms with Gasteiger partial charge in [-0.25, -0.2) is 4.98 Å². The highest BCUT2D eigenvalue weighted by molar-refractivity contribution is 7.13. The van der Waals surface area contributed by atoms with Crippen molar-refractivity contribution in [2.24, 2.45) is 5.41 Å². The van der Waals surface area contributed by atoms with Gasteiger partial charge in [0.25, 0.3) is 0 Å². The van der Waals surface area contributed by atoms with Crippen molar-refractivity contribution < 1.29 is 19.5 Å². The number of nitrogens with zero attached hydrogens (tertiary/aromatic N) is 2. The fourth-order valence-corrected chi connectivity index (χ4v) is 5.58. The van der Waals surface area contributed by atoms with Crippen LogP contribution in [0.3, 0.4) is 0 Å². The highest BCUT2D eigenvalue weighted by atomic mass is 32.1. The summed E-state index contributed by atoms with van der Waals surface area (Å²) in [6.45, 7) is 15.7. The molecule has 1 aliphatic heterocycles. The van der Waals surface area contributed by atoms with Gasteiger partial charge in [-0.1, -0.05) is 53.7 Å². The molecule has 3 atom stereocenters. The molecule has 0 saturated carbocycles. The Hall–Kier alpha value is -2.78. The minimum Gasteiger partial charge on any atom is -0.391 e. The van der Waals surface area contributed by atoms with Gasteiger partial charge in [0.2, 0.25) is 17.7 Å². The number of β-amino-alcohol motifs (C(OH)–C–C–N with tert-alkyl or cyclic N) is 1. The maximum Gasteiger partial charge on any atom is 0.246 e. The van der Waals surface area contributed by atoms with Crippen molar-refractivity contribution in [3.63, 3.8) is 0 Å². The summed E-state index contributed by atoms with van der Waals surface area (Å²) < 4.78 is 0. The highest BCUT2D eigenvalue weighted by Crippen LogP contribution is 2.34. The number of rotatable bonds is 6. The van der Waals surface area contributed by atoms with Gasteiger partial charge in [-0.2, -0.15) is 0 Å². The SMILES string of the molecule is CC(=O)N[C@H](C(=O)N1C[C@H](O)C[C@H]1C(=O)NCc1ccc(-c2scnc2C)cc1C(C)(C)C)C(C)(C)C. The van der Waals surface area contributed by atoms with E-state index in [1.54, 1.807) is 11.3 Å². The molecule has 1 aromatic heterocycles. The monoisotopic (exact) mass is 528 g/mol. The Morgan fingerprint density at radius 1 is 1.19 bits per heavy atom. The van der Waals surface area contributed by atoms with Crippen molar-refractivity contribution in [1.82, 2.24) is 20.5 Å². The molecule has 0 bridgehead atoms. The zero-order valence-corrected chi connectivity index (χ0v) is 24.0. The van der Waals surface area contributed by atoms with Crippen LogP contribution in [0.1, 0.15) is 71.7 Å². The van der Waals surface area contributed by atoms with Gasteiger partial charge in [-0.05, 0) is 40.5 Å². The topological polar surface area (TPSA) is 112 Å². The number of aliphatic hydroxyl groups excluding tert-OH is 1. The summed E-state index contributed by atoms with van der Waals surface area (Å²) in [6, 6.07) is 4.64. The zero-order chi connectivity index (χ0) is 27.7. The molecule has 1 fully saturated rings. The van der Waals surface area contributed by atoms with E-state index in [1.807, 2.05) is 45.3 Å². The smallest absolute Gasteiger partial charge is 0.246 e. The Balaban J connectivity index is 1.81. The normalized spacial score (nSPS) is 19.0. The molecule has 1 saturated heterocycles. The van der Waals surface area contributed by atoms with Crippen LogP contribution in [0, 0.1) is 12.3 Å². The number of amides is 3. The van der Waals surface area contributed by atoms with Crippen LogP contribution in [0.15, 0.2) is 23.7 Å². The standard InChI is InChI=1S/C28H40N4O4S/c1-16-23(37-15-30-16)18-9-10-19(21(11-18)27(3,4)5)13-29-25(35)22-12-20(34)14-32(22)26(36)24(28(6,7)8)31-17(2)33/h9-11,15,20,22,24,34H,12-14H2,1-8H3,(H,29,35)(H,31,33)/t20-,22+,24-/m1/s1. The summed E-state index contributed by atoms with van der Waals surface area (Å²) >= 11 is 1.61. The van der Waals surface area contributed by atoms with Crippen LogP contribution in [0.25, 0.3) is 10.4 Å². The van der Waals surface area contributed by atoms with Crippen LogP contribution in [-0.4, -0.2) is 57.4 Å². The first-order valence-electron chi connectivity index (χ1n) is 12.7. The fraction of sp³-hybridized carbons (Fsp3) is 0.571. The van der Waals surface area contributed by atoms with E-state index in [9.17, 15) is 19.5 Å². The summed E-state index contributed by atoms with van der Waals surface area (Å²) in [7, 11) is 0. The van der Waals surface area contributed by atoms with E-state index >= 15 is 0 Å². The first kappa shape index (κ1) is 28.8. The lowest BCUT2D eigenvalue weighted by Gasteiger charge is -2.35. The van der Waals surface area contributed by atoms with Crippen LogP contribution in [0.5, 0.6) is 0 Å². The quantitative estimate of drug-likeness (QED) is 0.531. The van der Waals surface area contributed by atoms with Gasteiger partial charge in [0.1, 0.15) is 12.1 Å². The van der Waals surface area contributed by atoms with E-state index in [4.69, 9.17) is 0 Å². The van der Waals surface area contributed by atoms with Crippen LogP contribution in [0.4, 0.5) is 0 Å². The maximum absolute atomic E-state index is 13.4. The predicted molar refractivity (Wildman–Crippen MR) is 146 cm³/mol. The lowest BCUT2D eigenvalue weighted by Crippen LogP contribution is -2.57. The number of hydrogen-bond donors (Lipinski definition) is 3. The molecule has 0 radical (unpaired) electrons. The van der Waals surface area contributed by atoms with Gasteiger partial charge in [-0.15, -0.1) is 11.3 Å². The number of nitrogens with one attached hydrogen (secondary N) is 2. The van der Waals surface area contributed by atoms with E-state index in [0.717, 1.165) is 27.3 Å². The number of benzene rings is 1. The average Bonchev–Trinajstić information content (AvgIpc) is 3.39. The number of likely N-dealkylation sites (tertiary alicyclic amines) is 1. The second-order valence-corrected chi connectivity index (χ2v) is 12.9. The average molecular weight is 529 g/mol. The highest BCUT2D eigenvalue weighted by Gasteiger charge is 2.44. The number of carbonyl (C=O) groups is 3. The molecule has 2 aromatic rings. The molecule has 2 heterocycles. The molecular weight excluding hydrogens is 488 g/mol.